The molecule has 0 saturated carbocycles. The number of piperidine rings is 1. The van der Waals surface area contributed by atoms with Crippen LogP contribution in [0.3, 0.4) is 0 Å². The molecule has 0 radical (unpaired) electrons. The Bertz CT molecular complexity index is 263. The molecule has 0 aromatic rings. The fourth-order valence-electron chi connectivity index (χ4n) is 2.01. The van der Waals surface area contributed by atoms with E-state index >= 15 is 0 Å². The molecule has 1 fully saturated rings. The molecule has 1 heterocycles. The maximum atomic E-state index is 11.4. The normalized spacial score (nSPS) is 22.1. The summed E-state index contributed by atoms with van der Waals surface area (Å²) in [4.78, 5) is 24.7. The van der Waals surface area contributed by atoms with Crippen molar-refractivity contribution in [3.63, 3.8) is 0 Å². The molecule has 1 unspecified atom stereocenters. The zero-order valence-electron chi connectivity index (χ0n) is 10.4. The van der Waals surface area contributed by atoms with Crippen molar-refractivity contribution in [2.24, 2.45) is 5.92 Å². The minimum Gasteiger partial charge on any atom is -0.462 e. The van der Waals surface area contributed by atoms with Gasteiger partial charge >= 0.3 is 5.97 Å². The summed E-state index contributed by atoms with van der Waals surface area (Å²) in [5.41, 5.74) is 0. The molecule has 0 aromatic heterocycles. The molecule has 0 spiro atoms. The molecule has 0 amide bonds. The van der Waals surface area contributed by atoms with Gasteiger partial charge in [0.25, 0.3) is 0 Å². The van der Waals surface area contributed by atoms with Crippen LogP contribution in [0, 0.1) is 5.92 Å². The second-order valence-electron chi connectivity index (χ2n) is 4.72. The third-order valence-corrected chi connectivity index (χ3v) is 2.80. The summed E-state index contributed by atoms with van der Waals surface area (Å²) in [5.74, 6) is 0.127. The number of Topliss-reactive ketones (excluding diaryl/α,β-unsaturated/α-hetero) is 1. The third kappa shape index (κ3) is 4.31. The largest absolute Gasteiger partial charge is 0.462 e. The highest BCUT2D eigenvalue weighted by Gasteiger charge is 2.24. The van der Waals surface area contributed by atoms with E-state index in [4.69, 9.17) is 4.74 Å². The fraction of sp³-hybridized carbons (Fsp3) is 0.833. The van der Waals surface area contributed by atoms with E-state index in [1.54, 1.807) is 6.92 Å². The van der Waals surface area contributed by atoms with Crippen molar-refractivity contribution in [2.45, 2.75) is 39.7 Å². The van der Waals surface area contributed by atoms with Crippen LogP contribution in [0.4, 0.5) is 0 Å². The van der Waals surface area contributed by atoms with Gasteiger partial charge < -0.3 is 4.74 Å². The summed E-state index contributed by atoms with van der Waals surface area (Å²) in [6.07, 6.45) is 1.87. The number of likely N-dealkylation sites (tertiary alicyclic amines) is 1. The van der Waals surface area contributed by atoms with Crippen LogP contribution in [-0.2, 0) is 14.3 Å². The molecule has 0 aliphatic carbocycles. The topological polar surface area (TPSA) is 46.6 Å². The number of nitrogens with zero attached hydrogens (tertiary/aromatic N) is 1. The van der Waals surface area contributed by atoms with E-state index in [-0.39, 0.29) is 23.8 Å². The monoisotopic (exact) mass is 227 g/mol. The molecule has 4 nitrogen and oxygen atoms in total. The fourth-order valence-corrected chi connectivity index (χ4v) is 2.01. The van der Waals surface area contributed by atoms with Crippen molar-refractivity contribution >= 4 is 11.8 Å². The number of ether oxygens (including phenoxy) is 1. The van der Waals surface area contributed by atoms with E-state index in [2.05, 4.69) is 0 Å². The quantitative estimate of drug-likeness (QED) is 0.678. The van der Waals surface area contributed by atoms with Gasteiger partial charge in [0, 0.05) is 12.5 Å². The molecule has 1 aliphatic rings. The summed E-state index contributed by atoms with van der Waals surface area (Å²) in [6, 6.07) is 0. The van der Waals surface area contributed by atoms with Crippen LogP contribution in [0.1, 0.15) is 33.6 Å². The number of carbonyl (C=O) groups excluding carboxylic acids is 2. The van der Waals surface area contributed by atoms with Gasteiger partial charge in [-0.05, 0) is 40.2 Å². The number of hydrogen-bond donors (Lipinski definition) is 0. The number of ketones is 1. The van der Waals surface area contributed by atoms with E-state index in [0.29, 0.717) is 13.1 Å². The Kier molecular flexibility index (Phi) is 4.93. The molecule has 92 valence electrons. The molecule has 1 saturated heterocycles. The minimum atomic E-state index is -0.195. The van der Waals surface area contributed by atoms with Gasteiger partial charge in [-0.2, -0.15) is 0 Å². The lowest BCUT2D eigenvalue weighted by molar-refractivity contribution is -0.149. The Morgan fingerprint density at radius 2 is 2.12 bits per heavy atom. The third-order valence-electron chi connectivity index (χ3n) is 2.80. The first-order valence-electron chi connectivity index (χ1n) is 5.91. The van der Waals surface area contributed by atoms with E-state index in [0.717, 1.165) is 19.4 Å². The molecular weight excluding hydrogens is 206 g/mol. The first-order valence-corrected chi connectivity index (χ1v) is 5.91. The lowest BCUT2D eigenvalue weighted by Gasteiger charge is -2.30. The van der Waals surface area contributed by atoms with Crippen LogP contribution >= 0.6 is 0 Å². The summed E-state index contributed by atoms with van der Waals surface area (Å²) in [5, 5.41) is 0. The molecule has 1 rings (SSSR count). The smallest absolute Gasteiger partial charge is 0.320 e. The predicted molar refractivity (Wildman–Crippen MR) is 61.1 cm³/mol. The molecular formula is C12H21NO3. The molecule has 16 heavy (non-hydrogen) atoms. The van der Waals surface area contributed by atoms with Crippen molar-refractivity contribution in [1.29, 1.82) is 0 Å². The predicted octanol–water partition coefficient (Wildman–Crippen LogP) is 1.24. The lowest BCUT2D eigenvalue weighted by Crippen LogP contribution is -2.41. The van der Waals surface area contributed by atoms with Crippen molar-refractivity contribution in [1.82, 2.24) is 4.90 Å². The van der Waals surface area contributed by atoms with Crippen molar-refractivity contribution in [3.05, 3.63) is 0 Å². The summed E-state index contributed by atoms with van der Waals surface area (Å²) in [7, 11) is 0. The first kappa shape index (κ1) is 13.2. The van der Waals surface area contributed by atoms with Gasteiger partial charge in [-0.15, -0.1) is 0 Å². The SMILES string of the molecule is CC(=O)C1CCCN(CC(=O)OC(C)C)C1. The molecule has 1 atom stereocenters. The van der Waals surface area contributed by atoms with Crippen LogP contribution in [0.2, 0.25) is 0 Å². The highest BCUT2D eigenvalue weighted by molar-refractivity contribution is 5.78. The Labute approximate surface area is 96.9 Å². The second kappa shape index (κ2) is 5.99. The van der Waals surface area contributed by atoms with Crippen LogP contribution < -0.4 is 0 Å². The van der Waals surface area contributed by atoms with Crippen LogP contribution in [0.25, 0.3) is 0 Å². The van der Waals surface area contributed by atoms with Gasteiger partial charge in [0.2, 0.25) is 0 Å². The van der Waals surface area contributed by atoms with Crippen molar-refractivity contribution in [2.75, 3.05) is 19.6 Å². The van der Waals surface area contributed by atoms with Gasteiger partial charge in [-0.3, -0.25) is 14.5 Å². The Hall–Kier alpha value is -0.900. The summed E-state index contributed by atoms with van der Waals surface area (Å²) in [6.45, 7) is 7.20. The maximum Gasteiger partial charge on any atom is 0.320 e. The Balaban J connectivity index is 2.37. The highest BCUT2D eigenvalue weighted by Crippen LogP contribution is 2.16. The number of hydrogen-bond acceptors (Lipinski definition) is 4. The van der Waals surface area contributed by atoms with E-state index in [1.807, 2.05) is 18.7 Å². The van der Waals surface area contributed by atoms with Gasteiger partial charge in [0.1, 0.15) is 5.78 Å². The van der Waals surface area contributed by atoms with Gasteiger partial charge in [0.05, 0.1) is 12.6 Å². The molecule has 0 bridgehead atoms. The maximum absolute atomic E-state index is 11.4. The molecule has 4 heteroatoms. The number of esters is 1. The van der Waals surface area contributed by atoms with Gasteiger partial charge in [0.15, 0.2) is 0 Å². The van der Waals surface area contributed by atoms with Crippen LogP contribution in [0.15, 0.2) is 0 Å². The average Bonchev–Trinajstić information content (AvgIpc) is 2.16. The van der Waals surface area contributed by atoms with E-state index in [1.165, 1.54) is 0 Å². The highest BCUT2D eigenvalue weighted by atomic mass is 16.5. The van der Waals surface area contributed by atoms with Crippen LogP contribution in [-0.4, -0.2) is 42.4 Å². The van der Waals surface area contributed by atoms with E-state index in [9.17, 15) is 9.59 Å². The van der Waals surface area contributed by atoms with Crippen molar-refractivity contribution < 1.29 is 14.3 Å². The van der Waals surface area contributed by atoms with Crippen molar-refractivity contribution in [3.8, 4) is 0 Å². The molecule has 1 aliphatic heterocycles. The summed E-state index contributed by atoms with van der Waals surface area (Å²) >= 11 is 0. The zero-order chi connectivity index (χ0) is 12.1. The Morgan fingerprint density at radius 1 is 1.44 bits per heavy atom. The zero-order valence-corrected chi connectivity index (χ0v) is 10.4. The van der Waals surface area contributed by atoms with E-state index < -0.39 is 0 Å². The standard InChI is InChI=1S/C12H21NO3/c1-9(2)16-12(15)8-13-6-4-5-11(7-13)10(3)14/h9,11H,4-8H2,1-3H3. The number of carbonyl (C=O) groups is 2. The molecule has 0 aromatic carbocycles. The minimum absolute atomic E-state index is 0.0686. The second-order valence-corrected chi connectivity index (χ2v) is 4.72. The van der Waals surface area contributed by atoms with Gasteiger partial charge in [-0.25, -0.2) is 0 Å². The lowest BCUT2D eigenvalue weighted by atomic mass is 9.95. The summed E-state index contributed by atoms with van der Waals surface area (Å²) < 4.78 is 5.08. The molecule has 0 N–H and O–H groups in total. The number of rotatable bonds is 4. The van der Waals surface area contributed by atoms with Crippen LogP contribution in [0.5, 0.6) is 0 Å². The average molecular weight is 227 g/mol. The first-order chi connectivity index (χ1) is 7.49. The van der Waals surface area contributed by atoms with Gasteiger partial charge in [-0.1, -0.05) is 0 Å². The Morgan fingerprint density at radius 3 is 2.69 bits per heavy atom.